The Morgan fingerprint density at radius 3 is 1.96 bits per heavy atom. The van der Waals surface area contributed by atoms with Gasteiger partial charge in [-0.1, -0.05) is 135 Å². The summed E-state index contributed by atoms with van der Waals surface area (Å²) in [6, 6.07) is 44.7. The predicted octanol–water partition coefficient (Wildman–Crippen LogP) is 11.7. The van der Waals surface area contributed by atoms with Gasteiger partial charge in [0.05, 0.1) is 22.4 Å². The first-order valence-corrected chi connectivity index (χ1v) is 15.2. The summed E-state index contributed by atoms with van der Waals surface area (Å²) < 4.78 is 2.34. The van der Waals surface area contributed by atoms with Gasteiger partial charge in [0.15, 0.2) is 0 Å². The number of benzene rings is 5. The quantitative estimate of drug-likeness (QED) is 0.120. The van der Waals surface area contributed by atoms with Crippen molar-refractivity contribution in [3.63, 3.8) is 0 Å². The molecule has 0 unspecified atom stereocenters. The molecule has 0 spiro atoms. The van der Waals surface area contributed by atoms with Crippen LogP contribution < -0.4 is 0 Å². The Hall–Kier alpha value is -5.73. The van der Waals surface area contributed by atoms with Gasteiger partial charge in [-0.15, -0.1) is 0 Å². The summed E-state index contributed by atoms with van der Waals surface area (Å²) in [5.74, 6) is 0. The summed E-state index contributed by atoms with van der Waals surface area (Å²) in [4.78, 5) is 5.05. The van der Waals surface area contributed by atoms with E-state index in [-0.39, 0.29) is 0 Å². The van der Waals surface area contributed by atoms with Crippen molar-refractivity contribution in [3.8, 4) is 16.8 Å². The molecule has 1 heterocycles. The van der Waals surface area contributed by atoms with Gasteiger partial charge >= 0.3 is 0 Å². The number of hydrogen-bond donors (Lipinski definition) is 0. The lowest BCUT2D eigenvalue weighted by Gasteiger charge is -2.11. The number of rotatable bonds is 9. The summed E-state index contributed by atoms with van der Waals surface area (Å²) in [5.41, 5.74) is 11.5. The van der Waals surface area contributed by atoms with Gasteiger partial charge in [-0.25, -0.2) is 4.99 Å². The Labute approximate surface area is 266 Å². The first-order valence-electron chi connectivity index (χ1n) is 15.2. The van der Waals surface area contributed by atoms with E-state index in [4.69, 9.17) is 4.99 Å². The highest BCUT2D eigenvalue weighted by atomic mass is 15.0. The maximum Gasteiger partial charge on any atom is 0.0711 e. The maximum atomic E-state index is 5.05. The Bertz CT molecular complexity index is 2080. The molecule has 0 N–H and O–H groups in total. The SMILES string of the molecule is C=C/C(=C\C=C/C)C(/C=C(\C)c1ccccc1)=NC(=C)c1cccc(-c2ccc(-n3c4ccccc4c4ccccc43)cc2)c1. The molecule has 2 heteroatoms. The van der Waals surface area contributed by atoms with E-state index in [0.29, 0.717) is 5.70 Å². The Kier molecular flexibility index (Phi) is 8.66. The standard InChI is InChI=1S/C43H36N2/c1-5-7-16-33(6-2)41(29-31(3)34-17-9-8-10-18-34)44-32(4)36-19-15-20-37(30-36)35-25-27-38(28-26-35)45-42-23-13-11-21-39(42)40-22-12-14-24-43(40)45/h5-30H,2,4H2,1,3H3/b7-5-,31-29+,33-16+,44-41?. The summed E-state index contributed by atoms with van der Waals surface area (Å²) in [7, 11) is 0. The molecule has 5 aromatic carbocycles. The highest BCUT2D eigenvalue weighted by Crippen LogP contribution is 2.33. The van der Waals surface area contributed by atoms with E-state index in [1.54, 1.807) is 0 Å². The predicted molar refractivity (Wildman–Crippen MR) is 196 cm³/mol. The van der Waals surface area contributed by atoms with Crippen molar-refractivity contribution in [3.05, 3.63) is 188 Å². The lowest BCUT2D eigenvalue weighted by molar-refractivity contribution is 1.18. The zero-order valence-electron chi connectivity index (χ0n) is 25.8. The van der Waals surface area contributed by atoms with Crippen molar-refractivity contribution in [2.75, 3.05) is 0 Å². The lowest BCUT2D eigenvalue weighted by atomic mass is 10.0. The van der Waals surface area contributed by atoms with Crippen molar-refractivity contribution in [2.45, 2.75) is 13.8 Å². The number of aliphatic imine (C=N–C) groups is 1. The molecular weight excluding hydrogens is 544 g/mol. The number of para-hydroxylation sites is 2. The summed E-state index contributed by atoms with van der Waals surface area (Å²) in [6.45, 7) is 12.6. The molecule has 0 atom stereocenters. The average molecular weight is 581 g/mol. The van der Waals surface area contributed by atoms with Crippen LogP contribution in [-0.4, -0.2) is 10.3 Å². The summed E-state index contributed by atoms with van der Waals surface area (Å²) in [5, 5.41) is 2.52. The van der Waals surface area contributed by atoms with E-state index in [1.807, 2.05) is 49.4 Å². The van der Waals surface area contributed by atoms with Gasteiger partial charge in [-0.05, 0) is 78.1 Å². The van der Waals surface area contributed by atoms with E-state index >= 15 is 0 Å². The fraction of sp³-hybridized carbons (Fsp3) is 0.0465. The second-order valence-corrected chi connectivity index (χ2v) is 11.0. The van der Waals surface area contributed by atoms with Gasteiger partial charge in [0, 0.05) is 22.0 Å². The van der Waals surface area contributed by atoms with Crippen molar-refractivity contribution in [1.82, 2.24) is 4.57 Å². The summed E-state index contributed by atoms with van der Waals surface area (Å²) >= 11 is 0. The van der Waals surface area contributed by atoms with Crippen molar-refractivity contribution < 1.29 is 0 Å². The van der Waals surface area contributed by atoms with E-state index in [9.17, 15) is 0 Å². The third-order valence-electron chi connectivity index (χ3n) is 8.06. The van der Waals surface area contributed by atoms with Crippen LogP contribution in [0.15, 0.2) is 181 Å². The van der Waals surface area contributed by atoms with Gasteiger partial charge in [0.2, 0.25) is 0 Å². The third-order valence-corrected chi connectivity index (χ3v) is 8.06. The van der Waals surface area contributed by atoms with Crippen LogP contribution in [0.3, 0.4) is 0 Å². The van der Waals surface area contributed by atoms with Gasteiger partial charge in [-0.3, -0.25) is 0 Å². The van der Waals surface area contributed by atoms with Crippen LogP contribution in [0.25, 0.3) is 49.9 Å². The average Bonchev–Trinajstić information content (AvgIpc) is 3.43. The minimum Gasteiger partial charge on any atom is -0.309 e. The fourth-order valence-electron chi connectivity index (χ4n) is 5.72. The number of fused-ring (bicyclic) bond motifs is 3. The molecule has 0 fully saturated rings. The first kappa shape index (κ1) is 29.3. The van der Waals surface area contributed by atoms with Gasteiger partial charge in [0.1, 0.15) is 0 Å². The van der Waals surface area contributed by atoms with Gasteiger partial charge < -0.3 is 4.57 Å². The summed E-state index contributed by atoms with van der Waals surface area (Å²) in [6.07, 6.45) is 9.98. The Balaban J connectivity index is 1.34. The van der Waals surface area contributed by atoms with Crippen molar-refractivity contribution in [1.29, 1.82) is 0 Å². The van der Waals surface area contributed by atoms with Crippen LogP contribution in [0.2, 0.25) is 0 Å². The van der Waals surface area contributed by atoms with Crippen LogP contribution in [0.5, 0.6) is 0 Å². The second kappa shape index (κ2) is 13.3. The lowest BCUT2D eigenvalue weighted by Crippen LogP contribution is -1.99. The van der Waals surface area contributed by atoms with Crippen LogP contribution in [0.4, 0.5) is 0 Å². The maximum absolute atomic E-state index is 5.05. The Morgan fingerprint density at radius 1 is 0.689 bits per heavy atom. The van der Waals surface area contributed by atoms with Crippen LogP contribution in [0, 0.1) is 0 Å². The topological polar surface area (TPSA) is 17.3 Å². The Morgan fingerprint density at radius 2 is 1.31 bits per heavy atom. The molecule has 6 aromatic rings. The molecule has 0 amide bonds. The molecule has 218 valence electrons. The smallest absolute Gasteiger partial charge is 0.0711 e. The van der Waals surface area contributed by atoms with Crippen LogP contribution in [-0.2, 0) is 0 Å². The second-order valence-electron chi connectivity index (χ2n) is 11.0. The molecule has 0 bridgehead atoms. The number of allylic oxidation sites excluding steroid dienone is 7. The normalized spacial score (nSPS) is 12.7. The largest absolute Gasteiger partial charge is 0.309 e. The van der Waals surface area contributed by atoms with E-state index in [1.165, 1.54) is 21.8 Å². The molecular formula is C43H36N2. The van der Waals surface area contributed by atoms with E-state index < -0.39 is 0 Å². The molecule has 1 aromatic heterocycles. The van der Waals surface area contributed by atoms with Gasteiger partial charge in [-0.2, -0.15) is 0 Å². The minimum absolute atomic E-state index is 0.694. The fourth-order valence-corrected chi connectivity index (χ4v) is 5.72. The molecule has 0 saturated carbocycles. The zero-order valence-corrected chi connectivity index (χ0v) is 25.8. The van der Waals surface area contributed by atoms with Crippen molar-refractivity contribution in [2.24, 2.45) is 4.99 Å². The molecule has 0 aliphatic carbocycles. The highest BCUT2D eigenvalue weighted by molar-refractivity contribution is 6.15. The molecule has 6 rings (SSSR count). The molecule has 0 aliphatic heterocycles. The van der Waals surface area contributed by atoms with Gasteiger partial charge in [0.25, 0.3) is 0 Å². The minimum atomic E-state index is 0.694. The van der Waals surface area contributed by atoms with Crippen LogP contribution >= 0.6 is 0 Å². The third kappa shape index (κ3) is 6.18. The zero-order chi connectivity index (χ0) is 31.2. The first-order chi connectivity index (χ1) is 22.1. The number of aromatic nitrogens is 1. The van der Waals surface area contributed by atoms with Crippen molar-refractivity contribution >= 4 is 38.8 Å². The number of nitrogens with zero attached hydrogens (tertiary/aromatic N) is 2. The van der Waals surface area contributed by atoms with E-state index in [2.05, 4.69) is 140 Å². The number of hydrogen-bond acceptors (Lipinski definition) is 1. The molecule has 45 heavy (non-hydrogen) atoms. The van der Waals surface area contributed by atoms with E-state index in [0.717, 1.165) is 44.8 Å². The van der Waals surface area contributed by atoms with Crippen LogP contribution in [0.1, 0.15) is 25.0 Å². The molecule has 0 saturated heterocycles. The molecule has 2 nitrogen and oxygen atoms in total. The molecule has 0 aliphatic rings. The highest BCUT2D eigenvalue weighted by Gasteiger charge is 2.12. The molecule has 0 radical (unpaired) electrons. The monoisotopic (exact) mass is 580 g/mol.